The number of hydrogen-bond donors (Lipinski definition) is 1. The van der Waals surface area contributed by atoms with Crippen molar-refractivity contribution in [2.45, 2.75) is 39.9 Å². The molecular formula is C9H20NO4PS. The topological polar surface area (TPSA) is 64.6 Å². The van der Waals surface area contributed by atoms with Gasteiger partial charge in [-0.25, -0.2) is 4.57 Å². The molecule has 0 atom stereocenters. The van der Waals surface area contributed by atoms with E-state index in [1.54, 1.807) is 27.7 Å². The largest absolute Gasteiger partial charge is 0.390 e. The minimum atomic E-state index is -3.24. The molecule has 0 heterocycles. The van der Waals surface area contributed by atoms with Crippen molar-refractivity contribution in [3.8, 4) is 0 Å². The Morgan fingerprint density at radius 1 is 1.25 bits per heavy atom. The van der Waals surface area contributed by atoms with Crippen LogP contribution in [0.15, 0.2) is 0 Å². The van der Waals surface area contributed by atoms with E-state index in [0.29, 0.717) is 0 Å². The van der Waals surface area contributed by atoms with Crippen LogP contribution in [-0.2, 0) is 18.4 Å². The van der Waals surface area contributed by atoms with Crippen LogP contribution in [0.5, 0.6) is 0 Å². The molecule has 0 aromatic carbocycles. The van der Waals surface area contributed by atoms with Gasteiger partial charge in [0.2, 0.25) is 5.91 Å². The van der Waals surface area contributed by atoms with Crippen molar-refractivity contribution in [2.75, 3.05) is 12.8 Å². The van der Waals surface area contributed by atoms with Crippen LogP contribution in [0.25, 0.3) is 0 Å². The summed E-state index contributed by atoms with van der Waals surface area (Å²) in [7, 11) is 1.53. The monoisotopic (exact) mass is 269 g/mol. The van der Waals surface area contributed by atoms with E-state index >= 15 is 0 Å². The molecule has 0 rings (SSSR count). The van der Waals surface area contributed by atoms with Crippen molar-refractivity contribution >= 4 is 24.1 Å². The number of rotatable bonds is 7. The highest BCUT2D eigenvalue weighted by atomic mass is 32.7. The first-order valence-electron chi connectivity index (χ1n) is 5.11. The lowest BCUT2D eigenvalue weighted by Gasteiger charge is -2.21. The zero-order valence-electron chi connectivity index (χ0n) is 10.4. The zero-order chi connectivity index (χ0) is 12.8. The van der Waals surface area contributed by atoms with E-state index in [-0.39, 0.29) is 23.9 Å². The summed E-state index contributed by atoms with van der Waals surface area (Å²) in [5, 5.41) is 2.45. The van der Waals surface area contributed by atoms with Crippen LogP contribution >= 0.6 is 18.2 Å². The lowest BCUT2D eigenvalue weighted by atomic mass is 10.5. The minimum Gasteiger partial charge on any atom is -0.358 e. The molecule has 0 unspecified atom stereocenters. The Morgan fingerprint density at radius 3 is 2.00 bits per heavy atom. The second-order valence-corrected chi connectivity index (χ2v) is 7.68. The van der Waals surface area contributed by atoms with Gasteiger partial charge >= 0.3 is 6.80 Å². The fourth-order valence-corrected chi connectivity index (χ4v) is 4.66. The van der Waals surface area contributed by atoms with Gasteiger partial charge in [0, 0.05) is 7.05 Å². The summed E-state index contributed by atoms with van der Waals surface area (Å²) >= 11 is 0.912. The third-order valence-corrected chi connectivity index (χ3v) is 5.23. The van der Waals surface area contributed by atoms with Gasteiger partial charge in [-0.1, -0.05) is 0 Å². The lowest BCUT2D eigenvalue weighted by molar-refractivity contribution is -0.118. The number of carbonyl (C=O) groups excluding carboxylic acids is 1. The van der Waals surface area contributed by atoms with Crippen LogP contribution < -0.4 is 5.32 Å². The van der Waals surface area contributed by atoms with Crippen molar-refractivity contribution in [3.63, 3.8) is 0 Å². The first-order valence-corrected chi connectivity index (χ1v) is 8.24. The number of amides is 1. The van der Waals surface area contributed by atoms with E-state index in [1.807, 2.05) is 0 Å². The van der Waals surface area contributed by atoms with Gasteiger partial charge in [-0.3, -0.25) is 13.8 Å². The molecule has 16 heavy (non-hydrogen) atoms. The van der Waals surface area contributed by atoms with Crippen molar-refractivity contribution in [3.05, 3.63) is 0 Å². The molecule has 0 spiro atoms. The summed E-state index contributed by atoms with van der Waals surface area (Å²) in [5.74, 6) is -0.141. The second kappa shape index (κ2) is 7.33. The number of hydrogen-bond acceptors (Lipinski definition) is 5. The van der Waals surface area contributed by atoms with Crippen LogP contribution in [0.2, 0.25) is 0 Å². The first-order chi connectivity index (χ1) is 7.29. The molecule has 1 N–H and O–H groups in total. The summed E-state index contributed by atoms with van der Waals surface area (Å²) in [5.41, 5.74) is 0. The fraction of sp³-hybridized carbons (Fsp3) is 0.889. The molecule has 0 aliphatic heterocycles. The van der Waals surface area contributed by atoms with Crippen LogP contribution in [-0.4, -0.2) is 30.9 Å². The highest BCUT2D eigenvalue weighted by molar-refractivity contribution is 8.55. The predicted molar refractivity (Wildman–Crippen MR) is 66.6 cm³/mol. The molecule has 96 valence electrons. The van der Waals surface area contributed by atoms with Crippen molar-refractivity contribution in [1.29, 1.82) is 0 Å². The van der Waals surface area contributed by atoms with Gasteiger partial charge in [-0.2, -0.15) is 0 Å². The average Bonchev–Trinajstić information content (AvgIpc) is 2.11. The van der Waals surface area contributed by atoms with E-state index in [2.05, 4.69) is 5.32 Å². The number of nitrogens with one attached hydrogen (secondary N) is 1. The molecule has 0 saturated heterocycles. The average molecular weight is 269 g/mol. The molecule has 0 saturated carbocycles. The Morgan fingerprint density at radius 2 is 1.69 bits per heavy atom. The maximum Gasteiger partial charge on any atom is 0.390 e. The molecule has 0 radical (unpaired) electrons. The molecule has 0 aliphatic carbocycles. The van der Waals surface area contributed by atoms with Gasteiger partial charge in [0.1, 0.15) is 0 Å². The van der Waals surface area contributed by atoms with Gasteiger partial charge in [-0.15, -0.1) is 0 Å². The summed E-state index contributed by atoms with van der Waals surface area (Å²) in [6, 6.07) is 0. The summed E-state index contributed by atoms with van der Waals surface area (Å²) < 4.78 is 22.7. The summed E-state index contributed by atoms with van der Waals surface area (Å²) in [6.45, 7) is 3.86. The van der Waals surface area contributed by atoms with E-state index in [9.17, 15) is 9.36 Å². The van der Waals surface area contributed by atoms with E-state index in [1.165, 1.54) is 7.05 Å². The predicted octanol–water partition coefficient (Wildman–Crippen LogP) is 2.42. The SMILES string of the molecule is CNC(=O)CSP(=O)(OC(C)C)OC(C)C. The summed E-state index contributed by atoms with van der Waals surface area (Å²) in [6.07, 6.45) is -0.413. The van der Waals surface area contributed by atoms with E-state index < -0.39 is 6.80 Å². The van der Waals surface area contributed by atoms with E-state index in [0.717, 1.165) is 11.4 Å². The molecule has 7 heteroatoms. The van der Waals surface area contributed by atoms with Crippen LogP contribution in [0.1, 0.15) is 27.7 Å². The molecule has 0 aromatic rings. The van der Waals surface area contributed by atoms with Crippen LogP contribution in [0, 0.1) is 0 Å². The van der Waals surface area contributed by atoms with Crippen LogP contribution in [0.4, 0.5) is 0 Å². The Balaban J connectivity index is 4.41. The van der Waals surface area contributed by atoms with Gasteiger partial charge in [0.15, 0.2) is 0 Å². The van der Waals surface area contributed by atoms with Crippen molar-refractivity contribution in [2.24, 2.45) is 0 Å². The zero-order valence-corrected chi connectivity index (χ0v) is 12.1. The molecule has 5 nitrogen and oxygen atoms in total. The van der Waals surface area contributed by atoms with E-state index in [4.69, 9.17) is 9.05 Å². The Hall–Kier alpha value is -0.0300. The maximum atomic E-state index is 12.2. The Labute approximate surface area is 101 Å². The van der Waals surface area contributed by atoms with Crippen molar-refractivity contribution < 1.29 is 18.4 Å². The molecule has 0 aromatic heterocycles. The standard InChI is InChI=1S/C9H20NO4PS/c1-7(2)13-15(12,14-8(3)4)16-6-9(11)10-5/h7-8H,6H2,1-5H3,(H,10,11). The molecule has 0 bridgehead atoms. The van der Waals surface area contributed by atoms with Gasteiger partial charge in [0.05, 0.1) is 18.0 Å². The fourth-order valence-electron chi connectivity index (χ4n) is 0.812. The third-order valence-electron chi connectivity index (χ3n) is 1.31. The Kier molecular flexibility index (Phi) is 7.31. The van der Waals surface area contributed by atoms with Crippen LogP contribution in [0.3, 0.4) is 0 Å². The molecule has 0 aliphatic rings. The quantitative estimate of drug-likeness (QED) is 0.719. The third kappa shape index (κ3) is 7.28. The lowest BCUT2D eigenvalue weighted by Crippen LogP contribution is -2.20. The normalized spacial score (nSPS) is 12.2. The first kappa shape index (κ1) is 16.0. The maximum absolute atomic E-state index is 12.2. The molecule has 0 fully saturated rings. The van der Waals surface area contributed by atoms with Gasteiger partial charge < -0.3 is 5.32 Å². The minimum absolute atomic E-state index is 0.0627. The highest BCUT2D eigenvalue weighted by Crippen LogP contribution is 2.61. The van der Waals surface area contributed by atoms with Gasteiger partial charge in [-0.05, 0) is 39.1 Å². The highest BCUT2D eigenvalue weighted by Gasteiger charge is 2.29. The summed E-state index contributed by atoms with van der Waals surface area (Å²) in [4.78, 5) is 11.1. The van der Waals surface area contributed by atoms with Crippen molar-refractivity contribution in [1.82, 2.24) is 5.32 Å². The molecule has 1 amide bonds. The second-order valence-electron chi connectivity index (χ2n) is 3.70. The molecular weight excluding hydrogens is 249 g/mol. The number of carbonyl (C=O) groups is 1. The smallest absolute Gasteiger partial charge is 0.358 e. The Bertz CT molecular complexity index is 256. The van der Waals surface area contributed by atoms with Gasteiger partial charge in [0.25, 0.3) is 0 Å².